The minimum atomic E-state index is 0. The predicted octanol–water partition coefficient (Wildman–Crippen LogP) is 18.6. The molecular formula is C56H90N2Pd. The Labute approximate surface area is 380 Å². The van der Waals surface area contributed by atoms with Gasteiger partial charge in [-0.15, -0.1) is 0 Å². The molecule has 59 heavy (non-hydrogen) atoms. The van der Waals surface area contributed by atoms with Crippen LogP contribution in [-0.2, 0) is 46.1 Å². The van der Waals surface area contributed by atoms with Gasteiger partial charge in [0.1, 0.15) is 0 Å². The van der Waals surface area contributed by atoms with Crippen LogP contribution < -0.4 is 0 Å². The fraction of sp³-hybridized carbons (Fsp3) is 0.679. The Balaban J connectivity index is 0.0000120. The number of rotatable bonds is 35. The van der Waals surface area contributed by atoms with Gasteiger partial charge in [0, 0.05) is 37.1 Å². The van der Waals surface area contributed by atoms with Crippen LogP contribution >= 0.6 is 0 Å². The molecule has 2 nitrogen and oxygen atoms in total. The molecule has 0 atom stereocenters. The largest absolute Gasteiger partial charge is 0.493 e. The number of hydrogen-bond donors (Lipinski definition) is 0. The molecule has 2 aromatic rings. The maximum atomic E-state index is 12.7. The SMILES string of the molecule is CCCCCCCCCCCCCCC=CC1=C(c2cc(CCCC)cc(CCCCCC)c2)[N+](=[N-])C(c2cc(CCCC)cc(CCCCCC)c2)=C1CCCC.[Pd]. The number of aryl methyl sites for hydroxylation is 4. The molecule has 2 aromatic carbocycles. The van der Waals surface area contributed by atoms with Crippen LogP contribution in [0.15, 0.2) is 59.7 Å². The number of hydrogen-bond acceptors (Lipinski definition) is 0. The van der Waals surface area contributed by atoms with Crippen molar-refractivity contribution in [1.82, 2.24) is 0 Å². The molecule has 0 saturated carbocycles. The molecule has 1 heterocycles. The van der Waals surface area contributed by atoms with E-state index < -0.39 is 0 Å². The van der Waals surface area contributed by atoms with Gasteiger partial charge in [0.05, 0.1) is 5.57 Å². The van der Waals surface area contributed by atoms with Crippen LogP contribution in [0, 0.1) is 0 Å². The molecule has 1 aliphatic rings. The summed E-state index contributed by atoms with van der Waals surface area (Å²) in [7, 11) is 0. The second kappa shape index (κ2) is 33.5. The second-order valence-corrected chi connectivity index (χ2v) is 18.0. The molecule has 3 heteroatoms. The zero-order valence-electron chi connectivity index (χ0n) is 39.5. The van der Waals surface area contributed by atoms with Gasteiger partial charge in [0.2, 0.25) is 11.4 Å². The molecule has 1 aliphatic heterocycles. The average molecular weight is 898 g/mol. The van der Waals surface area contributed by atoms with Crippen LogP contribution in [0.1, 0.15) is 255 Å². The minimum Gasteiger partial charge on any atom is -0.493 e. The summed E-state index contributed by atoms with van der Waals surface area (Å²) < 4.78 is 1.65. The van der Waals surface area contributed by atoms with Crippen LogP contribution in [0.2, 0.25) is 0 Å². The quantitative estimate of drug-likeness (QED) is 0.0374. The third-order valence-electron chi connectivity index (χ3n) is 12.5. The van der Waals surface area contributed by atoms with Gasteiger partial charge in [-0.3, -0.25) is 0 Å². The molecule has 334 valence electrons. The Hall–Kier alpha value is -2.08. The van der Waals surface area contributed by atoms with Crippen molar-refractivity contribution in [3.05, 3.63) is 98.6 Å². The van der Waals surface area contributed by atoms with Crippen molar-refractivity contribution in [2.24, 2.45) is 0 Å². The van der Waals surface area contributed by atoms with E-state index in [4.69, 9.17) is 0 Å². The minimum absolute atomic E-state index is 0. The van der Waals surface area contributed by atoms with E-state index in [1.54, 1.807) is 4.70 Å². The first-order valence-corrected chi connectivity index (χ1v) is 25.4. The van der Waals surface area contributed by atoms with Gasteiger partial charge >= 0.3 is 0 Å². The van der Waals surface area contributed by atoms with Crippen LogP contribution in [0.3, 0.4) is 0 Å². The first-order valence-electron chi connectivity index (χ1n) is 25.4. The Kier molecular flexibility index (Phi) is 30.2. The van der Waals surface area contributed by atoms with Crippen LogP contribution in [-0.4, -0.2) is 4.70 Å². The third-order valence-corrected chi connectivity index (χ3v) is 12.5. The topological polar surface area (TPSA) is 25.3 Å². The standard InChI is InChI=1S/C56H90N2.Pd/c1-7-13-19-22-23-24-25-26-27-28-29-30-31-34-40-54-53(39-18-12-6)55(51-43-47(35-16-10-4)41-49(45-51)37-32-20-14-8-2)58(57)56(54)52-44-48(36-17-11-5)42-50(46-52)38-33-21-15-9-3;/h34,40-46H,7-33,35-39H2,1-6H3;. The predicted molar refractivity (Wildman–Crippen MR) is 258 cm³/mol. The summed E-state index contributed by atoms with van der Waals surface area (Å²) in [5, 5.41) is 0. The van der Waals surface area contributed by atoms with Crippen molar-refractivity contribution in [3.8, 4) is 0 Å². The molecule has 0 radical (unpaired) electrons. The summed E-state index contributed by atoms with van der Waals surface area (Å²) >= 11 is 0. The molecule has 0 saturated heterocycles. The van der Waals surface area contributed by atoms with Crippen molar-refractivity contribution in [1.29, 1.82) is 0 Å². The number of benzene rings is 2. The van der Waals surface area contributed by atoms with Gasteiger partial charge in [-0.2, -0.15) is 0 Å². The summed E-state index contributed by atoms with van der Waals surface area (Å²) in [6, 6.07) is 14.6. The van der Waals surface area contributed by atoms with Gasteiger partial charge in [-0.05, 0) is 124 Å². The molecule has 0 aliphatic carbocycles. The van der Waals surface area contributed by atoms with Gasteiger partial charge in [-0.25, -0.2) is 4.70 Å². The summed E-state index contributed by atoms with van der Waals surface area (Å²) in [6.07, 6.45) is 45.1. The number of nitrogens with zero attached hydrogens (tertiary/aromatic N) is 2. The molecule has 0 N–H and O–H groups in total. The van der Waals surface area contributed by atoms with Crippen molar-refractivity contribution < 1.29 is 25.1 Å². The van der Waals surface area contributed by atoms with Crippen molar-refractivity contribution >= 4 is 11.4 Å². The van der Waals surface area contributed by atoms with Gasteiger partial charge < -0.3 is 5.53 Å². The summed E-state index contributed by atoms with van der Waals surface area (Å²) in [5.41, 5.74) is 25.4. The van der Waals surface area contributed by atoms with E-state index in [9.17, 15) is 5.53 Å². The molecule has 0 amide bonds. The van der Waals surface area contributed by atoms with E-state index in [1.165, 1.54) is 199 Å². The van der Waals surface area contributed by atoms with Crippen LogP contribution in [0.5, 0.6) is 0 Å². The van der Waals surface area contributed by atoms with E-state index in [2.05, 4.69) is 90.1 Å². The van der Waals surface area contributed by atoms with Crippen molar-refractivity contribution in [2.75, 3.05) is 0 Å². The Morgan fingerprint density at radius 1 is 0.390 bits per heavy atom. The first-order chi connectivity index (χ1) is 28.5. The van der Waals surface area contributed by atoms with E-state index in [0.717, 1.165) is 62.8 Å². The van der Waals surface area contributed by atoms with Crippen molar-refractivity contribution in [3.63, 3.8) is 0 Å². The molecule has 0 spiro atoms. The van der Waals surface area contributed by atoms with Crippen molar-refractivity contribution in [2.45, 2.75) is 247 Å². The fourth-order valence-corrected chi connectivity index (χ4v) is 8.94. The monoisotopic (exact) mass is 897 g/mol. The van der Waals surface area contributed by atoms with Gasteiger partial charge in [-0.1, -0.05) is 194 Å². The van der Waals surface area contributed by atoms with E-state index in [-0.39, 0.29) is 20.4 Å². The summed E-state index contributed by atoms with van der Waals surface area (Å²) in [6.45, 7) is 13.8. The maximum Gasteiger partial charge on any atom is 0.215 e. The zero-order valence-corrected chi connectivity index (χ0v) is 41.0. The Bertz CT molecular complexity index is 1530. The van der Waals surface area contributed by atoms with Gasteiger partial charge in [0.25, 0.3) is 0 Å². The molecule has 0 aromatic heterocycles. The Morgan fingerprint density at radius 3 is 1.15 bits per heavy atom. The number of unbranched alkanes of at least 4 members (excludes halogenated alkanes) is 21. The van der Waals surface area contributed by atoms with E-state index >= 15 is 0 Å². The molecule has 3 rings (SSSR count). The Morgan fingerprint density at radius 2 is 0.729 bits per heavy atom. The van der Waals surface area contributed by atoms with E-state index in [0.29, 0.717) is 0 Å². The van der Waals surface area contributed by atoms with E-state index in [1.807, 2.05) is 0 Å². The zero-order chi connectivity index (χ0) is 41.6. The summed E-state index contributed by atoms with van der Waals surface area (Å²) in [5.74, 6) is 0. The number of allylic oxidation sites excluding steroid dienone is 4. The molecule has 0 bridgehead atoms. The van der Waals surface area contributed by atoms with Gasteiger partial charge in [0.15, 0.2) is 0 Å². The average Bonchev–Trinajstić information content (AvgIpc) is 3.51. The molecular weight excluding hydrogens is 807 g/mol. The van der Waals surface area contributed by atoms with Crippen LogP contribution in [0.4, 0.5) is 0 Å². The first kappa shape index (κ1) is 53.1. The maximum absolute atomic E-state index is 12.7. The fourth-order valence-electron chi connectivity index (χ4n) is 8.94. The smallest absolute Gasteiger partial charge is 0.215 e. The molecule has 0 fully saturated rings. The normalized spacial score (nSPS) is 13.1. The van der Waals surface area contributed by atoms with Crippen LogP contribution in [0.25, 0.3) is 16.9 Å². The summed E-state index contributed by atoms with van der Waals surface area (Å²) in [4.78, 5) is 0. The second-order valence-electron chi connectivity index (χ2n) is 18.0. The third kappa shape index (κ3) is 20.1. The molecule has 0 unspecified atom stereocenters.